The summed E-state index contributed by atoms with van der Waals surface area (Å²) in [4.78, 5) is 17.7. The number of nitrogens with zero attached hydrogens (tertiary/aromatic N) is 3. The average Bonchev–Trinajstić information content (AvgIpc) is 3.64. The van der Waals surface area contributed by atoms with Gasteiger partial charge in [-0.2, -0.15) is 0 Å². The molecule has 5 rings (SSSR count). The van der Waals surface area contributed by atoms with E-state index in [1.54, 1.807) is 30.4 Å². The first-order valence-corrected chi connectivity index (χ1v) is 13.3. The molecule has 0 atom stereocenters. The van der Waals surface area contributed by atoms with Gasteiger partial charge < -0.3 is 4.48 Å². The lowest BCUT2D eigenvalue weighted by Gasteiger charge is -2.16. The molecule has 0 fully saturated rings. The van der Waals surface area contributed by atoms with E-state index < -0.39 is 12.3 Å². The molecule has 3 aromatic heterocycles. The molecule has 0 aliphatic carbocycles. The van der Waals surface area contributed by atoms with Crippen LogP contribution in [0.25, 0.3) is 21.6 Å². The van der Waals surface area contributed by atoms with Crippen LogP contribution in [0.3, 0.4) is 0 Å². The first-order chi connectivity index (χ1) is 17.7. The molecular weight excluding hydrogens is 511 g/mol. The quantitative estimate of drug-likeness (QED) is 0.142. The van der Waals surface area contributed by atoms with Crippen LogP contribution in [0.5, 0.6) is 0 Å². The summed E-state index contributed by atoms with van der Waals surface area (Å²) in [5.74, 6) is 0. The van der Waals surface area contributed by atoms with Gasteiger partial charge in [0.15, 0.2) is 0 Å². The number of aliphatic imine (C=N–C) groups is 1. The Morgan fingerprint density at radius 1 is 0.973 bits per heavy atom. The lowest BCUT2D eigenvalue weighted by molar-refractivity contribution is -0.384. The number of aromatic nitrogens is 1. The minimum atomic E-state index is -2.79. The summed E-state index contributed by atoms with van der Waals surface area (Å²) in [7, 11) is -2.79. The van der Waals surface area contributed by atoms with Crippen LogP contribution >= 0.6 is 22.7 Å². The zero-order chi connectivity index (χ0) is 26.4. The molecular formula is C27H22BF2N3O2S2. The Hall–Kier alpha value is -3.63. The Bertz CT molecular complexity index is 1600. The third-order valence-corrected chi connectivity index (χ3v) is 8.41. The molecule has 0 amide bonds. The fourth-order valence-electron chi connectivity index (χ4n) is 5.05. The van der Waals surface area contributed by atoms with E-state index in [1.165, 1.54) is 23.5 Å². The minimum absolute atomic E-state index is 0.0674. The van der Waals surface area contributed by atoms with Crippen molar-refractivity contribution >= 4 is 52.6 Å². The minimum Gasteiger partial charge on any atom is -0.328 e. The van der Waals surface area contributed by atoms with Crippen molar-refractivity contribution < 1.29 is 13.6 Å². The molecule has 10 heteroatoms. The summed E-state index contributed by atoms with van der Waals surface area (Å²) >= 11 is 3.09. The number of benzene rings is 1. The van der Waals surface area contributed by atoms with Crippen molar-refractivity contribution in [1.29, 1.82) is 0 Å². The van der Waals surface area contributed by atoms with Crippen LogP contribution in [0.4, 0.5) is 14.3 Å². The Morgan fingerprint density at radius 2 is 1.59 bits per heavy atom. The fourth-order valence-corrected chi connectivity index (χ4v) is 6.81. The van der Waals surface area contributed by atoms with Crippen molar-refractivity contribution in [2.45, 2.75) is 27.7 Å². The molecule has 4 heterocycles. The highest BCUT2D eigenvalue weighted by molar-refractivity contribution is 7.13. The molecule has 186 valence electrons. The Balaban J connectivity index is 1.88. The Kier molecular flexibility index (Phi) is 6.55. The van der Waals surface area contributed by atoms with Gasteiger partial charge in [-0.05, 0) is 79.4 Å². The third-order valence-electron chi connectivity index (χ3n) is 6.64. The highest BCUT2D eigenvalue weighted by atomic mass is 32.1. The number of nitro groups is 1. The van der Waals surface area contributed by atoms with Gasteiger partial charge >= 0.3 is 7.40 Å². The van der Waals surface area contributed by atoms with E-state index in [0.29, 0.717) is 33.8 Å². The summed E-state index contributed by atoms with van der Waals surface area (Å²) in [6, 6.07) is 13.8. The normalized spacial score (nSPS) is 14.8. The number of hydrogen-bond acceptors (Lipinski definition) is 5. The predicted molar refractivity (Wildman–Crippen MR) is 150 cm³/mol. The van der Waals surface area contributed by atoms with Crippen molar-refractivity contribution in [3.05, 3.63) is 108 Å². The maximum atomic E-state index is 14.7. The van der Waals surface area contributed by atoms with E-state index in [-0.39, 0.29) is 5.69 Å². The standard InChI is InChI=1S/C27H22BF2N3O2S2/c1-15-23(21-7-5-13-36-21)17(3)31-26(15)25(19-9-11-20(12-10-19)33(34)35)27-16(2)24(22-8-6-14-37-22)18(4)32(27)28(29)30/h5-14H,1-4H3/b26-25-. The fraction of sp³-hybridized carbons (Fsp3) is 0.148. The number of non-ortho nitro benzene ring substituents is 1. The second kappa shape index (κ2) is 9.68. The molecule has 1 aromatic carbocycles. The summed E-state index contributed by atoms with van der Waals surface area (Å²) in [6.07, 6.45) is 0. The summed E-state index contributed by atoms with van der Waals surface area (Å²) in [6.45, 7) is 7.43. The highest BCUT2D eigenvalue weighted by Gasteiger charge is 2.33. The average molecular weight is 533 g/mol. The number of rotatable bonds is 6. The molecule has 5 nitrogen and oxygen atoms in total. The molecule has 0 saturated heterocycles. The second-order valence-electron chi connectivity index (χ2n) is 8.76. The number of nitro benzene ring substituents is 1. The van der Waals surface area contributed by atoms with Crippen LogP contribution in [0.2, 0.25) is 0 Å². The Morgan fingerprint density at radius 3 is 2.14 bits per heavy atom. The molecule has 0 radical (unpaired) electrons. The number of thiophene rings is 2. The topological polar surface area (TPSA) is 60.4 Å². The van der Waals surface area contributed by atoms with Gasteiger partial charge in [0, 0.05) is 55.7 Å². The summed E-state index contributed by atoms with van der Waals surface area (Å²) in [5.41, 5.74) is 6.61. The molecule has 0 unspecified atom stereocenters. The molecule has 1 aliphatic rings. The number of halogens is 2. The van der Waals surface area contributed by atoms with E-state index >= 15 is 0 Å². The lowest BCUT2D eigenvalue weighted by atomic mass is 9.92. The lowest BCUT2D eigenvalue weighted by Crippen LogP contribution is -2.18. The van der Waals surface area contributed by atoms with E-state index in [4.69, 9.17) is 4.99 Å². The van der Waals surface area contributed by atoms with Gasteiger partial charge in [0.2, 0.25) is 0 Å². The third kappa shape index (κ3) is 4.20. The molecule has 0 saturated carbocycles. The first-order valence-electron chi connectivity index (χ1n) is 11.5. The van der Waals surface area contributed by atoms with E-state index in [2.05, 4.69) is 0 Å². The maximum absolute atomic E-state index is 14.7. The highest BCUT2D eigenvalue weighted by Crippen LogP contribution is 2.45. The van der Waals surface area contributed by atoms with Gasteiger partial charge in [-0.3, -0.25) is 23.7 Å². The zero-order valence-electron chi connectivity index (χ0n) is 20.6. The van der Waals surface area contributed by atoms with Gasteiger partial charge in [0.1, 0.15) is 0 Å². The summed E-state index contributed by atoms with van der Waals surface area (Å²) < 4.78 is 30.5. The van der Waals surface area contributed by atoms with Crippen molar-refractivity contribution in [1.82, 2.24) is 4.48 Å². The van der Waals surface area contributed by atoms with Gasteiger partial charge in [-0.1, -0.05) is 12.1 Å². The predicted octanol–water partition coefficient (Wildman–Crippen LogP) is 8.28. The van der Waals surface area contributed by atoms with Crippen molar-refractivity contribution in [2.75, 3.05) is 0 Å². The van der Waals surface area contributed by atoms with Crippen molar-refractivity contribution in [3.63, 3.8) is 0 Å². The molecule has 0 spiro atoms. The van der Waals surface area contributed by atoms with Gasteiger partial charge in [-0.15, -0.1) is 22.7 Å². The van der Waals surface area contributed by atoms with Crippen molar-refractivity contribution in [3.8, 4) is 10.4 Å². The van der Waals surface area contributed by atoms with E-state index in [9.17, 15) is 18.7 Å². The first kappa shape index (κ1) is 25.0. The molecule has 0 bridgehead atoms. The molecule has 37 heavy (non-hydrogen) atoms. The van der Waals surface area contributed by atoms with Crippen LogP contribution in [-0.2, 0) is 0 Å². The van der Waals surface area contributed by atoms with Crippen LogP contribution < -0.4 is 0 Å². The van der Waals surface area contributed by atoms with Crippen LogP contribution in [0, 0.1) is 24.0 Å². The van der Waals surface area contributed by atoms with Crippen molar-refractivity contribution in [2.24, 2.45) is 4.99 Å². The Labute approximate surface area is 221 Å². The van der Waals surface area contributed by atoms with E-state index in [0.717, 1.165) is 36.7 Å². The largest absolute Gasteiger partial charge is 0.677 e. The zero-order valence-corrected chi connectivity index (χ0v) is 22.2. The number of hydrogen-bond donors (Lipinski definition) is 0. The smallest absolute Gasteiger partial charge is 0.328 e. The molecule has 4 aromatic rings. The molecule has 0 N–H and O–H groups in total. The van der Waals surface area contributed by atoms with Gasteiger partial charge in [0.25, 0.3) is 5.69 Å². The van der Waals surface area contributed by atoms with Crippen LogP contribution in [-0.4, -0.2) is 22.5 Å². The SMILES string of the molecule is CC1=N/C(=C(/c2ccc([N+](=O)[O-])cc2)c2c(C)c(-c3cccs3)c(C)n2B(F)F)C(C)=C1c1cccs1. The maximum Gasteiger partial charge on any atom is 0.677 e. The van der Waals surface area contributed by atoms with Gasteiger partial charge in [-0.25, -0.2) is 0 Å². The van der Waals surface area contributed by atoms with Gasteiger partial charge in [0.05, 0.1) is 10.6 Å². The number of allylic oxidation sites excluding steroid dienone is 2. The molecule has 1 aliphatic heterocycles. The van der Waals surface area contributed by atoms with Crippen LogP contribution in [0.1, 0.15) is 41.2 Å². The monoisotopic (exact) mass is 533 g/mol. The second-order valence-corrected chi connectivity index (χ2v) is 10.7. The van der Waals surface area contributed by atoms with Crippen LogP contribution in [0.15, 0.2) is 75.6 Å². The van der Waals surface area contributed by atoms with E-state index in [1.807, 2.05) is 55.8 Å². The summed E-state index contributed by atoms with van der Waals surface area (Å²) in [5, 5.41) is 15.2.